The van der Waals surface area contributed by atoms with Crippen molar-refractivity contribution in [3.05, 3.63) is 48.6 Å². The van der Waals surface area contributed by atoms with Gasteiger partial charge in [-0.15, -0.1) is 0 Å². The van der Waals surface area contributed by atoms with Crippen LogP contribution in [0.15, 0.2) is 42.8 Å². The molecule has 0 bridgehead atoms. The third-order valence-electron chi connectivity index (χ3n) is 6.05. The predicted octanol–water partition coefficient (Wildman–Crippen LogP) is 2.08. The molecule has 2 fully saturated rings. The summed E-state index contributed by atoms with van der Waals surface area (Å²) >= 11 is 0. The van der Waals surface area contributed by atoms with Gasteiger partial charge in [0.1, 0.15) is 5.82 Å². The van der Waals surface area contributed by atoms with Gasteiger partial charge in [0.2, 0.25) is 5.91 Å². The van der Waals surface area contributed by atoms with E-state index in [1.807, 2.05) is 12.2 Å². The van der Waals surface area contributed by atoms with Crippen LogP contribution in [-0.4, -0.2) is 55.5 Å². The van der Waals surface area contributed by atoms with Crippen LogP contribution >= 0.6 is 0 Å². The highest BCUT2D eigenvalue weighted by Gasteiger charge is 2.39. The molecular weight excluding hydrogens is 394 g/mol. The normalized spacial score (nSPS) is 27.2. The molecule has 0 aliphatic heterocycles. The van der Waals surface area contributed by atoms with Gasteiger partial charge < -0.3 is 20.6 Å². The topological polar surface area (TPSA) is 116 Å². The van der Waals surface area contributed by atoms with E-state index in [4.69, 9.17) is 0 Å². The largest absolute Gasteiger partial charge is 0.393 e. The molecule has 7 heteroatoms. The van der Waals surface area contributed by atoms with E-state index in [9.17, 15) is 20.1 Å². The van der Waals surface area contributed by atoms with Gasteiger partial charge in [-0.25, -0.2) is 9.97 Å². The molecular formula is C24H35N3O4. The van der Waals surface area contributed by atoms with E-state index < -0.39 is 18.3 Å². The van der Waals surface area contributed by atoms with Gasteiger partial charge in [-0.2, -0.15) is 0 Å². The molecule has 1 aromatic rings. The van der Waals surface area contributed by atoms with Crippen molar-refractivity contribution in [2.75, 3.05) is 0 Å². The van der Waals surface area contributed by atoms with E-state index in [0.29, 0.717) is 44.0 Å². The summed E-state index contributed by atoms with van der Waals surface area (Å²) in [4.78, 5) is 20.0. The van der Waals surface area contributed by atoms with E-state index >= 15 is 0 Å². The molecule has 2 aliphatic rings. The Morgan fingerprint density at radius 2 is 1.97 bits per heavy atom. The molecule has 7 nitrogen and oxygen atoms in total. The Kier molecular flexibility index (Phi) is 9.18. The second-order valence-electron chi connectivity index (χ2n) is 8.71. The smallest absolute Gasteiger partial charge is 0.220 e. The number of rotatable bonds is 12. The summed E-state index contributed by atoms with van der Waals surface area (Å²) in [6, 6.07) is 2.17. The summed E-state index contributed by atoms with van der Waals surface area (Å²) in [5, 5.41) is 33.9. The zero-order chi connectivity index (χ0) is 22.1. The lowest BCUT2D eigenvalue weighted by atomic mass is 9.89. The van der Waals surface area contributed by atoms with Crippen LogP contribution < -0.4 is 5.32 Å². The van der Waals surface area contributed by atoms with Gasteiger partial charge in [-0.05, 0) is 50.5 Å². The monoisotopic (exact) mass is 429 g/mol. The lowest BCUT2D eigenvalue weighted by Crippen LogP contribution is -2.24. The van der Waals surface area contributed by atoms with Crippen molar-refractivity contribution in [3.8, 4) is 0 Å². The molecule has 2 saturated carbocycles. The average molecular weight is 430 g/mol. The summed E-state index contributed by atoms with van der Waals surface area (Å²) in [7, 11) is 0. The standard InChI is InChI=1S/C24H35N3O4/c28-18(11-13-23-25-14-5-15-26-23)10-12-20-19(21(29)16-22(20)30)6-3-1-2-4-7-24(31)27-17-8-9-17/h1,3,5,10,12,14-15,17-22,28-30H,2,4,6-9,11,13,16H2,(H,27,31)/t18-,19-,20-,21+,22-/m1/s1. The minimum Gasteiger partial charge on any atom is -0.393 e. The fourth-order valence-electron chi connectivity index (χ4n) is 4.07. The van der Waals surface area contributed by atoms with Crippen LogP contribution in [0.5, 0.6) is 0 Å². The van der Waals surface area contributed by atoms with Gasteiger partial charge in [-0.3, -0.25) is 4.79 Å². The summed E-state index contributed by atoms with van der Waals surface area (Å²) in [6.45, 7) is 0. The molecule has 0 aromatic carbocycles. The number of aliphatic hydroxyl groups is 3. The van der Waals surface area contributed by atoms with E-state index in [0.717, 1.165) is 25.7 Å². The van der Waals surface area contributed by atoms with E-state index in [1.54, 1.807) is 24.5 Å². The van der Waals surface area contributed by atoms with E-state index in [1.165, 1.54) is 0 Å². The molecule has 4 N–H and O–H groups in total. The predicted molar refractivity (Wildman–Crippen MR) is 118 cm³/mol. The Morgan fingerprint density at radius 1 is 1.19 bits per heavy atom. The number of aryl methyl sites for hydroxylation is 1. The van der Waals surface area contributed by atoms with Gasteiger partial charge in [0.15, 0.2) is 0 Å². The summed E-state index contributed by atoms with van der Waals surface area (Å²) in [5.74, 6) is 0.559. The van der Waals surface area contributed by atoms with Gasteiger partial charge in [0, 0.05) is 43.6 Å². The highest BCUT2D eigenvalue weighted by Crippen LogP contribution is 2.36. The minimum absolute atomic E-state index is 0.0784. The minimum atomic E-state index is -0.647. The molecule has 0 saturated heterocycles. The maximum absolute atomic E-state index is 11.7. The van der Waals surface area contributed by atoms with E-state index in [2.05, 4.69) is 21.4 Å². The molecule has 0 unspecified atom stereocenters. The molecule has 170 valence electrons. The quantitative estimate of drug-likeness (QED) is 0.299. The molecule has 3 rings (SSSR count). The van der Waals surface area contributed by atoms with E-state index in [-0.39, 0.29) is 17.7 Å². The first-order valence-corrected chi connectivity index (χ1v) is 11.5. The van der Waals surface area contributed by atoms with Crippen LogP contribution in [0.2, 0.25) is 0 Å². The molecule has 5 atom stereocenters. The second-order valence-corrected chi connectivity index (χ2v) is 8.71. The fourth-order valence-corrected chi connectivity index (χ4v) is 4.07. The highest BCUT2D eigenvalue weighted by molar-refractivity contribution is 5.76. The number of hydrogen-bond donors (Lipinski definition) is 4. The van der Waals surface area contributed by atoms with Crippen molar-refractivity contribution in [1.29, 1.82) is 0 Å². The van der Waals surface area contributed by atoms with Crippen molar-refractivity contribution in [2.24, 2.45) is 11.8 Å². The number of nitrogens with zero attached hydrogens (tertiary/aromatic N) is 2. The lowest BCUT2D eigenvalue weighted by molar-refractivity contribution is -0.121. The van der Waals surface area contributed by atoms with Crippen LogP contribution in [0.25, 0.3) is 0 Å². The molecule has 0 radical (unpaired) electrons. The zero-order valence-electron chi connectivity index (χ0n) is 18.0. The van der Waals surface area contributed by atoms with Gasteiger partial charge in [0.25, 0.3) is 0 Å². The third-order valence-corrected chi connectivity index (χ3v) is 6.05. The number of amides is 1. The number of allylic oxidation sites excluding steroid dienone is 2. The lowest BCUT2D eigenvalue weighted by Gasteiger charge is -2.19. The number of carbonyl (C=O) groups excluding carboxylic acids is 1. The van der Waals surface area contributed by atoms with Crippen LogP contribution in [-0.2, 0) is 11.2 Å². The molecule has 1 amide bonds. The average Bonchev–Trinajstić information content (AvgIpc) is 3.52. The molecule has 0 spiro atoms. The highest BCUT2D eigenvalue weighted by atomic mass is 16.3. The SMILES string of the molecule is O=C(CCCC=CC[C@@H]1[C@@H](C=C[C@@H](O)CCc2ncccn2)[C@H](O)C[C@@H]1O)NC1CC1. The number of nitrogens with one attached hydrogen (secondary N) is 1. The van der Waals surface area contributed by atoms with Crippen molar-refractivity contribution < 1.29 is 20.1 Å². The Hall–Kier alpha value is -2.09. The van der Waals surface area contributed by atoms with Gasteiger partial charge >= 0.3 is 0 Å². The number of aromatic nitrogens is 2. The maximum atomic E-state index is 11.7. The molecule has 1 aromatic heterocycles. The van der Waals surface area contributed by atoms with Crippen LogP contribution in [0, 0.1) is 11.8 Å². The first-order valence-electron chi connectivity index (χ1n) is 11.5. The number of unbranched alkanes of at least 4 members (excludes halogenated alkanes) is 1. The summed E-state index contributed by atoms with van der Waals surface area (Å²) < 4.78 is 0. The van der Waals surface area contributed by atoms with Crippen LogP contribution in [0.1, 0.15) is 57.2 Å². The van der Waals surface area contributed by atoms with Gasteiger partial charge in [-0.1, -0.05) is 24.3 Å². The van der Waals surface area contributed by atoms with Crippen molar-refractivity contribution in [2.45, 2.75) is 82.1 Å². The van der Waals surface area contributed by atoms with Crippen LogP contribution in [0.3, 0.4) is 0 Å². The molecule has 2 aliphatic carbocycles. The van der Waals surface area contributed by atoms with Crippen molar-refractivity contribution in [3.63, 3.8) is 0 Å². The van der Waals surface area contributed by atoms with Crippen molar-refractivity contribution in [1.82, 2.24) is 15.3 Å². The maximum Gasteiger partial charge on any atom is 0.220 e. The van der Waals surface area contributed by atoms with Crippen molar-refractivity contribution >= 4 is 5.91 Å². The first kappa shape index (κ1) is 23.6. The Bertz CT molecular complexity index is 736. The fraction of sp³-hybridized carbons (Fsp3) is 0.625. The second kappa shape index (κ2) is 12.1. The zero-order valence-corrected chi connectivity index (χ0v) is 18.0. The number of aliphatic hydroxyl groups excluding tert-OH is 3. The summed E-state index contributed by atoms with van der Waals surface area (Å²) in [5.41, 5.74) is 0. The van der Waals surface area contributed by atoms with Crippen LogP contribution in [0.4, 0.5) is 0 Å². The summed E-state index contributed by atoms with van der Waals surface area (Å²) in [6.07, 6.45) is 15.7. The number of hydrogen-bond acceptors (Lipinski definition) is 6. The number of carbonyl (C=O) groups is 1. The molecule has 31 heavy (non-hydrogen) atoms. The third kappa shape index (κ3) is 8.16. The Morgan fingerprint density at radius 3 is 2.71 bits per heavy atom. The Balaban J connectivity index is 1.39. The Labute approximate surface area is 184 Å². The first-order chi connectivity index (χ1) is 15.0. The van der Waals surface area contributed by atoms with Gasteiger partial charge in [0.05, 0.1) is 18.3 Å². The molecule has 1 heterocycles.